The van der Waals surface area contributed by atoms with Crippen LogP contribution in [0.1, 0.15) is 19.4 Å². The molecule has 0 unspecified atom stereocenters. The van der Waals surface area contributed by atoms with E-state index in [1.165, 1.54) is 5.56 Å². The summed E-state index contributed by atoms with van der Waals surface area (Å²) in [6.07, 6.45) is 1.58. The highest BCUT2D eigenvalue weighted by Gasteiger charge is 2.22. The van der Waals surface area contributed by atoms with Gasteiger partial charge in [-0.3, -0.25) is 4.90 Å². The average molecular weight is 370 g/mol. The molecule has 2 aliphatic rings. The molecule has 0 amide bonds. The smallest absolute Gasteiger partial charge is 0.231 e. The molecule has 0 atom stereocenters. The molecular weight excluding hydrogens is 344 g/mol. The van der Waals surface area contributed by atoms with Gasteiger partial charge in [0.2, 0.25) is 6.79 Å². The van der Waals surface area contributed by atoms with Crippen LogP contribution in [-0.2, 0) is 6.54 Å². The van der Waals surface area contributed by atoms with Gasteiger partial charge >= 0.3 is 0 Å². The molecule has 144 valence electrons. The van der Waals surface area contributed by atoms with Crippen LogP contribution in [0, 0.1) is 0 Å². The van der Waals surface area contributed by atoms with E-state index in [0.717, 1.165) is 50.0 Å². The molecule has 8 heteroatoms. The van der Waals surface area contributed by atoms with Crippen LogP contribution < -0.4 is 25.4 Å². The first-order valence-corrected chi connectivity index (χ1v) is 9.33. The van der Waals surface area contributed by atoms with E-state index in [1.54, 1.807) is 6.33 Å². The Hall–Kier alpha value is -2.74. The van der Waals surface area contributed by atoms with Gasteiger partial charge in [-0.2, -0.15) is 0 Å². The Morgan fingerprint density at radius 2 is 1.89 bits per heavy atom. The SMILES string of the molecule is CC(C)Nc1ncnc(N2CCN(Cc3ccc4c(c3)OCO4)CC2)c1N. The van der Waals surface area contributed by atoms with Crippen molar-refractivity contribution < 1.29 is 9.47 Å². The van der Waals surface area contributed by atoms with E-state index in [1.807, 2.05) is 6.07 Å². The highest BCUT2D eigenvalue weighted by atomic mass is 16.7. The summed E-state index contributed by atoms with van der Waals surface area (Å²) in [6, 6.07) is 6.43. The summed E-state index contributed by atoms with van der Waals surface area (Å²) >= 11 is 0. The second-order valence-electron chi connectivity index (χ2n) is 7.21. The minimum absolute atomic E-state index is 0.272. The van der Waals surface area contributed by atoms with Crippen LogP contribution in [-0.4, -0.2) is 53.9 Å². The summed E-state index contributed by atoms with van der Waals surface area (Å²) in [4.78, 5) is 13.4. The molecule has 1 fully saturated rings. The van der Waals surface area contributed by atoms with E-state index in [2.05, 4.69) is 51.1 Å². The normalized spacial score (nSPS) is 16.8. The third kappa shape index (κ3) is 3.85. The van der Waals surface area contributed by atoms with Crippen LogP contribution in [0.25, 0.3) is 0 Å². The summed E-state index contributed by atoms with van der Waals surface area (Å²) in [5.41, 5.74) is 8.16. The number of fused-ring (bicyclic) bond motifs is 1. The van der Waals surface area contributed by atoms with E-state index < -0.39 is 0 Å². The fraction of sp³-hybridized carbons (Fsp3) is 0.474. The number of aromatic nitrogens is 2. The molecule has 1 aromatic heterocycles. The van der Waals surface area contributed by atoms with Gasteiger partial charge in [-0.15, -0.1) is 0 Å². The fourth-order valence-corrected chi connectivity index (χ4v) is 3.44. The maximum absolute atomic E-state index is 6.30. The number of nitrogens with two attached hydrogens (primary N) is 1. The minimum Gasteiger partial charge on any atom is -0.454 e. The highest BCUT2D eigenvalue weighted by Crippen LogP contribution is 2.33. The molecule has 0 aliphatic carbocycles. The third-order valence-corrected chi connectivity index (χ3v) is 4.80. The molecule has 0 bridgehead atoms. The Balaban J connectivity index is 1.38. The van der Waals surface area contributed by atoms with Crippen molar-refractivity contribution >= 4 is 17.3 Å². The molecule has 1 aromatic carbocycles. The lowest BCUT2D eigenvalue weighted by molar-refractivity contribution is 0.174. The number of ether oxygens (including phenoxy) is 2. The Morgan fingerprint density at radius 1 is 1.11 bits per heavy atom. The zero-order valence-electron chi connectivity index (χ0n) is 15.8. The minimum atomic E-state index is 0.272. The van der Waals surface area contributed by atoms with Crippen LogP contribution >= 0.6 is 0 Å². The molecule has 4 rings (SSSR count). The van der Waals surface area contributed by atoms with E-state index in [0.29, 0.717) is 18.3 Å². The number of hydrogen-bond donors (Lipinski definition) is 2. The van der Waals surface area contributed by atoms with Crippen LogP contribution in [0.5, 0.6) is 11.5 Å². The zero-order chi connectivity index (χ0) is 18.8. The topological polar surface area (TPSA) is 88.8 Å². The summed E-state index contributed by atoms with van der Waals surface area (Å²) < 4.78 is 10.9. The third-order valence-electron chi connectivity index (χ3n) is 4.80. The Morgan fingerprint density at radius 3 is 2.67 bits per heavy atom. The Bertz CT molecular complexity index is 805. The van der Waals surface area contributed by atoms with Crippen LogP contribution in [0.4, 0.5) is 17.3 Å². The van der Waals surface area contributed by atoms with Crippen molar-refractivity contribution in [2.45, 2.75) is 26.4 Å². The van der Waals surface area contributed by atoms with Gasteiger partial charge in [0.05, 0.1) is 0 Å². The van der Waals surface area contributed by atoms with Crippen LogP contribution in [0.3, 0.4) is 0 Å². The number of nitrogens with one attached hydrogen (secondary N) is 1. The number of piperazine rings is 1. The first kappa shape index (κ1) is 17.7. The van der Waals surface area contributed by atoms with Gasteiger partial charge < -0.3 is 25.4 Å². The molecule has 1 saturated heterocycles. The number of benzene rings is 1. The van der Waals surface area contributed by atoms with Crippen molar-refractivity contribution in [3.8, 4) is 11.5 Å². The van der Waals surface area contributed by atoms with Gasteiger partial charge in [0, 0.05) is 38.8 Å². The lowest BCUT2D eigenvalue weighted by Crippen LogP contribution is -2.46. The summed E-state index contributed by atoms with van der Waals surface area (Å²) in [5, 5.41) is 3.28. The predicted octanol–water partition coefficient (Wildman–Crippen LogP) is 1.93. The summed E-state index contributed by atoms with van der Waals surface area (Å²) in [5.74, 6) is 3.19. The molecule has 27 heavy (non-hydrogen) atoms. The quantitative estimate of drug-likeness (QED) is 0.825. The molecule has 0 radical (unpaired) electrons. The van der Waals surface area contributed by atoms with Gasteiger partial charge in [0.1, 0.15) is 12.0 Å². The van der Waals surface area contributed by atoms with E-state index in [4.69, 9.17) is 15.2 Å². The second kappa shape index (κ2) is 7.48. The number of rotatable bonds is 5. The summed E-state index contributed by atoms with van der Waals surface area (Å²) in [7, 11) is 0. The van der Waals surface area contributed by atoms with Crippen molar-refractivity contribution in [3.05, 3.63) is 30.1 Å². The average Bonchev–Trinajstić information content (AvgIpc) is 3.12. The molecule has 2 aromatic rings. The van der Waals surface area contributed by atoms with Gasteiger partial charge in [-0.1, -0.05) is 6.07 Å². The Labute approximate surface area is 159 Å². The largest absolute Gasteiger partial charge is 0.454 e. The van der Waals surface area contributed by atoms with Crippen LogP contribution in [0.15, 0.2) is 24.5 Å². The van der Waals surface area contributed by atoms with E-state index >= 15 is 0 Å². The molecule has 2 aliphatic heterocycles. The lowest BCUT2D eigenvalue weighted by Gasteiger charge is -2.36. The lowest BCUT2D eigenvalue weighted by atomic mass is 10.1. The second-order valence-corrected chi connectivity index (χ2v) is 7.21. The van der Waals surface area contributed by atoms with Gasteiger partial charge in [0.15, 0.2) is 23.1 Å². The van der Waals surface area contributed by atoms with E-state index in [9.17, 15) is 0 Å². The predicted molar refractivity (Wildman–Crippen MR) is 105 cm³/mol. The maximum Gasteiger partial charge on any atom is 0.231 e. The molecule has 3 N–H and O–H groups in total. The number of hydrogen-bond acceptors (Lipinski definition) is 8. The van der Waals surface area contributed by atoms with Gasteiger partial charge in [-0.05, 0) is 31.5 Å². The van der Waals surface area contributed by atoms with Crippen molar-refractivity contribution in [3.63, 3.8) is 0 Å². The van der Waals surface area contributed by atoms with E-state index in [-0.39, 0.29) is 6.04 Å². The standard InChI is InChI=1S/C19H26N6O2/c1-13(2)23-18-17(20)19(22-11-21-18)25-7-5-24(6-8-25)10-14-3-4-15-16(9-14)27-12-26-15/h3-4,9,11,13H,5-8,10,12,20H2,1-2H3,(H,21,22,23). The first-order chi connectivity index (χ1) is 13.1. The summed E-state index contributed by atoms with van der Waals surface area (Å²) in [6.45, 7) is 9.00. The number of nitrogen functional groups attached to an aromatic ring is 1. The monoisotopic (exact) mass is 370 g/mol. The maximum atomic E-state index is 6.30. The van der Waals surface area contributed by atoms with Gasteiger partial charge in [-0.25, -0.2) is 9.97 Å². The molecule has 3 heterocycles. The fourth-order valence-electron chi connectivity index (χ4n) is 3.44. The van der Waals surface area contributed by atoms with Crippen LogP contribution in [0.2, 0.25) is 0 Å². The Kier molecular flexibility index (Phi) is 4.89. The number of nitrogens with zero attached hydrogens (tertiary/aromatic N) is 4. The number of anilines is 3. The molecule has 8 nitrogen and oxygen atoms in total. The van der Waals surface area contributed by atoms with Crippen molar-refractivity contribution in [2.24, 2.45) is 0 Å². The first-order valence-electron chi connectivity index (χ1n) is 9.33. The molecule has 0 spiro atoms. The molecule has 0 saturated carbocycles. The molecular formula is C19H26N6O2. The van der Waals surface area contributed by atoms with Gasteiger partial charge in [0.25, 0.3) is 0 Å². The van der Waals surface area contributed by atoms with Crippen molar-refractivity contribution in [1.29, 1.82) is 0 Å². The van der Waals surface area contributed by atoms with Crippen molar-refractivity contribution in [2.75, 3.05) is 48.9 Å². The highest BCUT2D eigenvalue weighted by molar-refractivity contribution is 5.75. The zero-order valence-corrected chi connectivity index (χ0v) is 15.8. The van der Waals surface area contributed by atoms with Crippen molar-refractivity contribution in [1.82, 2.24) is 14.9 Å².